The number of pyridine rings is 1. The summed E-state index contributed by atoms with van der Waals surface area (Å²) < 4.78 is 5.19. The quantitative estimate of drug-likeness (QED) is 0.466. The van der Waals surface area contributed by atoms with E-state index in [0.717, 1.165) is 0 Å². The molecule has 1 aromatic heterocycles. The summed E-state index contributed by atoms with van der Waals surface area (Å²) in [5, 5.41) is 27.0. The van der Waals surface area contributed by atoms with Crippen LogP contribution in [0.15, 0.2) is 18.2 Å². The maximum atomic E-state index is 10.9. The Balaban J connectivity index is 2.62. The number of aromatic nitrogens is 1. The molecule has 0 aliphatic carbocycles. The van der Waals surface area contributed by atoms with Crippen LogP contribution < -0.4 is 5.73 Å². The van der Waals surface area contributed by atoms with Crippen molar-refractivity contribution in [1.82, 2.24) is 4.98 Å². The van der Waals surface area contributed by atoms with Gasteiger partial charge in [-0.15, -0.1) is 0 Å². The van der Waals surface area contributed by atoms with Gasteiger partial charge in [0.05, 0.1) is 25.5 Å². The molecule has 2 atom stereocenters. The zero-order valence-corrected chi connectivity index (χ0v) is 9.69. The van der Waals surface area contributed by atoms with E-state index in [-0.39, 0.29) is 12.3 Å². The number of primary amides is 1. The average molecular weight is 256 g/mol. The minimum atomic E-state index is -1.17. The molecule has 18 heavy (non-hydrogen) atoms. The average Bonchev–Trinajstić information content (AvgIpc) is 2.39. The van der Waals surface area contributed by atoms with Crippen molar-refractivity contribution in [3.05, 3.63) is 29.6 Å². The van der Waals surface area contributed by atoms with Gasteiger partial charge in [-0.2, -0.15) is 0 Å². The monoisotopic (exact) mass is 256 g/mol. The van der Waals surface area contributed by atoms with Crippen molar-refractivity contribution in [3.8, 4) is 0 Å². The molecule has 1 heterocycles. The molecule has 1 rings (SSSR count). The Morgan fingerprint density at radius 3 is 2.67 bits per heavy atom. The summed E-state index contributed by atoms with van der Waals surface area (Å²) in [6, 6.07) is 4.69. The molecule has 0 aliphatic heterocycles. The maximum absolute atomic E-state index is 10.9. The molecule has 0 bridgehead atoms. The van der Waals surface area contributed by atoms with Gasteiger partial charge in [-0.05, 0) is 12.1 Å². The van der Waals surface area contributed by atoms with E-state index in [1.807, 2.05) is 0 Å². The molecule has 0 saturated carbocycles. The van der Waals surface area contributed by atoms with Crippen molar-refractivity contribution in [2.45, 2.75) is 18.8 Å². The summed E-state index contributed by atoms with van der Waals surface area (Å²) in [5.41, 5.74) is 5.63. The number of hydrogen-bond donors (Lipinski definition) is 4. The first-order valence-corrected chi connectivity index (χ1v) is 5.35. The van der Waals surface area contributed by atoms with E-state index in [1.165, 1.54) is 6.07 Å². The normalized spacial score (nSPS) is 14.2. The topological polar surface area (TPSA) is 126 Å². The van der Waals surface area contributed by atoms with Gasteiger partial charge in [0.1, 0.15) is 17.9 Å². The van der Waals surface area contributed by atoms with E-state index in [0.29, 0.717) is 5.69 Å². The molecular weight excluding hydrogens is 240 g/mol. The number of aliphatic hydroxyl groups excluding tert-OH is 3. The molecule has 5 N–H and O–H groups in total. The Bertz CT molecular complexity index is 399. The van der Waals surface area contributed by atoms with E-state index >= 15 is 0 Å². The molecule has 0 spiro atoms. The highest BCUT2D eigenvalue weighted by atomic mass is 16.5. The fourth-order valence-electron chi connectivity index (χ4n) is 1.29. The third-order valence-corrected chi connectivity index (χ3v) is 2.30. The Labute approximate surface area is 104 Å². The Hall–Kier alpha value is -1.54. The number of rotatable bonds is 7. The van der Waals surface area contributed by atoms with Crippen molar-refractivity contribution in [2.24, 2.45) is 5.73 Å². The molecule has 1 aromatic rings. The fraction of sp³-hybridized carbons (Fsp3) is 0.455. The van der Waals surface area contributed by atoms with E-state index in [4.69, 9.17) is 20.7 Å². The van der Waals surface area contributed by atoms with Gasteiger partial charge < -0.3 is 25.8 Å². The molecule has 100 valence electrons. The van der Waals surface area contributed by atoms with Gasteiger partial charge in [0.25, 0.3) is 5.91 Å². The van der Waals surface area contributed by atoms with Crippen LogP contribution in [-0.4, -0.2) is 51.6 Å². The van der Waals surface area contributed by atoms with Crippen LogP contribution in [0.25, 0.3) is 0 Å². The van der Waals surface area contributed by atoms with Crippen molar-refractivity contribution in [1.29, 1.82) is 0 Å². The van der Waals surface area contributed by atoms with E-state index in [1.54, 1.807) is 12.1 Å². The van der Waals surface area contributed by atoms with Gasteiger partial charge in [-0.25, -0.2) is 4.98 Å². The van der Waals surface area contributed by atoms with Gasteiger partial charge in [0.2, 0.25) is 0 Å². The lowest BCUT2D eigenvalue weighted by molar-refractivity contribution is -0.0867. The van der Waals surface area contributed by atoms with Gasteiger partial charge in [0, 0.05) is 0 Å². The van der Waals surface area contributed by atoms with Crippen LogP contribution in [0.5, 0.6) is 0 Å². The fourth-order valence-corrected chi connectivity index (χ4v) is 1.29. The summed E-state index contributed by atoms with van der Waals surface area (Å²) in [6.07, 6.45) is -2.08. The van der Waals surface area contributed by atoms with Crippen LogP contribution in [0, 0.1) is 0 Å². The first kappa shape index (κ1) is 14.5. The lowest BCUT2D eigenvalue weighted by Gasteiger charge is -2.19. The predicted molar refractivity (Wildman–Crippen MR) is 61.5 cm³/mol. The number of ether oxygens (including phenoxy) is 1. The highest BCUT2D eigenvalue weighted by Crippen LogP contribution is 2.05. The second kappa shape index (κ2) is 7.02. The third-order valence-electron chi connectivity index (χ3n) is 2.30. The standard InChI is InChI=1S/C11H16N2O5/c12-11(17)8-3-1-2-7(13-8)6-18-10(5-15)9(16)4-14/h1-3,9-10,14-16H,4-6H2,(H2,12,17)/t9?,10-/m1/s1. The Kier molecular flexibility index (Phi) is 5.66. The summed E-state index contributed by atoms with van der Waals surface area (Å²) in [4.78, 5) is 14.8. The number of hydrogen-bond acceptors (Lipinski definition) is 6. The third kappa shape index (κ3) is 4.04. The highest BCUT2D eigenvalue weighted by molar-refractivity contribution is 5.90. The molecule has 0 saturated heterocycles. The summed E-state index contributed by atoms with van der Waals surface area (Å²) in [6.45, 7) is -0.958. The molecule has 1 unspecified atom stereocenters. The zero-order chi connectivity index (χ0) is 13.5. The van der Waals surface area contributed by atoms with E-state index in [2.05, 4.69) is 4.98 Å². The van der Waals surface area contributed by atoms with Gasteiger partial charge in [-0.1, -0.05) is 6.07 Å². The maximum Gasteiger partial charge on any atom is 0.267 e. The van der Waals surface area contributed by atoms with E-state index < -0.39 is 31.3 Å². The van der Waals surface area contributed by atoms with Crippen molar-refractivity contribution in [2.75, 3.05) is 13.2 Å². The second-order valence-electron chi connectivity index (χ2n) is 3.66. The highest BCUT2D eigenvalue weighted by Gasteiger charge is 2.18. The van der Waals surface area contributed by atoms with Crippen molar-refractivity contribution in [3.63, 3.8) is 0 Å². The van der Waals surface area contributed by atoms with Crippen LogP contribution in [0.2, 0.25) is 0 Å². The zero-order valence-electron chi connectivity index (χ0n) is 9.69. The minimum absolute atomic E-state index is 0.0105. The Morgan fingerprint density at radius 1 is 1.39 bits per heavy atom. The minimum Gasteiger partial charge on any atom is -0.394 e. The van der Waals surface area contributed by atoms with Crippen LogP contribution in [0.1, 0.15) is 16.2 Å². The first-order valence-electron chi connectivity index (χ1n) is 5.35. The summed E-state index contributed by atoms with van der Waals surface area (Å²) >= 11 is 0. The van der Waals surface area contributed by atoms with Crippen molar-refractivity contribution >= 4 is 5.91 Å². The van der Waals surface area contributed by atoms with Crippen molar-refractivity contribution < 1.29 is 24.9 Å². The number of aliphatic hydroxyl groups is 3. The number of carbonyl (C=O) groups excluding carboxylic acids is 1. The van der Waals surface area contributed by atoms with Crippen LogP contribution in [0.4, 0.5) is 0 Å². The number of nitrogens with two attached hydrogens (primary N) is 1. The lowest BCUT2D eigenvalue weighted by Crippen LogP contribution is -2.35. The number of carbonyl (C=O) groups is 1. The molecule has 7 heteroatoms. The number of nitrogens with zero attached hydrogens (tertiary/aromatic N) is 1. The molecule has 1 amide bonds. The predicted octanol–water partition coefficient (Wildman–Crippen LogP) is -1.59. The second-order valence-corrected chi connectivity index (χ2v) is 3.66. The molecule has 0 aliphatic rings. The Morgan fingerprint density at radius 2 is 2.11 bits per heavy atom. The van der Waals surface area contributed by atoms with Crippen LogP contribution in [0.3, 0.4) is 0 Å². The van der Waals surface area contributed by atoms with Crippen LogP contribution in [-0.2, 0) is 11.3 Å². The molecule has 0 aromatic carbocycles. The molecule has 0 radical (unpaired) electrons. The SMILES string of the molecule is NC(=O)c1cccc(CO[C@H](CO)C(O)CO)n1. The van der Waals surface area contributed by atoms with Gasteiger partial charge >= 0.3 is 0 Å². The lowest BCUT2D eigenvalue weighted by atomic mass is 10.2. The van der Waals surface area contributed by atoms with Gasteiger partial charge in [0.15, 0.2) is 0 Å². The van der Waals surface area contributed by atoms with Crippen LogP contribution >= 0.6 is 0 Å². The summed E-state index contributed by atoms with van der Waals surface area (Å²) in [7, 11) is 0. The van der Waals surface area contributed by atoms with Gasteiger partial charge in [-0.3, -0.25) is 4.79 Å². The smallest absolute Gasteiger partial charge is 0.267 e. The largest absolute Gasteiger partial charge is 0.394 e. The van der Waals surface area contributed by atoms with E-state index in [9.17, 15) is 9.90 Å². The molecule has 0 fully saturated rings. The molecular formula is C11H16N2O5. The molecule has 7 nitrogen and oxygen atoms in total. The summed E-state index contributed by atoms with van der Waals surface area (Å²) in [5.74, 6) is -0.647. The first-order chi connectivity index (χ1) is 8.58. The number of amides is 1.